The Morgan fingerprint density at radius 1 is 0.861 bits per heavy atom. The van der Waals surface area contributed by atoms with Gasteiger partial charge in [0.25, 0.3) is 0 Å². The van der Waals surface area contributed by atoms with Gasteiger partial charge in [-0.15, -0.1) is 0 Å². The molecule has 0 bridgehead atoms. The van der Waals surface area contributed by atoms with Gasteiger partial charge in [0.2, 0.25) is 5.91 Å². The molecule has 0 aliphatic carbocycles. The van der Waals surface area contributed by atoms with E-state index >= 15 is 0 Å². The maximum absolute atomic E-state index is 13.5. The minimum absolute atomic E-state index is 0.0146. The molecule has 1 atom stereocenters. The van der Waals surface area contributed by atoms with E-state index in [-0.39, 0.29) is 17.6 Å². The number of carbonyl (C=O) groups excluding carboxylic acids is 1. The van der Waals surface area contributed by atoms with Gasteiger partial charge in [0.1, 0.15) is 5.82 Å². The summed E-state index contributed by atoms with van der Waals surface area (Å²) in [5.74, 6) is -0.321. The number of hydrogen-bond donors (Lipinski definition) is 1. The maximum Gasteiger partial charge on any atom is 0.221 e. The number of amides is 1. The monoisotopic (exact) mass is 476 g/mol. The van der Waals surface area contributed by atoms with Gasteiger partial charge in [0, 0.05) is 42.5 Å². The lowest BCUT2D eigenvalue weighted by Gasteiger charge is -2.18. The summed E-state index contributed by atoms with van der Waals surface area (Å²) in [6.07, 6.45) is 2.51. The Morgan fingerprint density at radius 3 is 2.39 bits per heavy atom. The van der Waals surface area contributed by atoms with E-state index in [2.05, 4.69) is 59.4 Å². The fourth-order valence-corrected chi connectivity index (χ4v) is 4.82. The molecular weight excluding hydrogens is 447 g/mol. The second kappa shape index (κ2) is 10.6. The van der Waals surface area contributed by atoms with Crippen LogP contribution in [0.5, 0.6) is 0 Å². The average molecular weight is 477 g/mol. The summed E-state index contributed by atoms with van der Waals surface area (Å²) in [5, 5.41) is 4.23. The second-order valence-electron chi connectivity index (χ2n) is 9.29. The van der Waals surface area contributed by atoms with Crippen molar-refractivity contribution in [2.45, 2.75) is 32.4 Å². The molecule has 0 radical (unpaired) electrons. The molecule has 4 heteroatoms. The fourth-order valence-electron chi connectivity index (χ4n) is 4.82. The molecule has 0 unspecified atom stereocenters. The van der Waals surface area contributed by atoms with Crippen LogP contribution >= 0.6 is 0 Å². The predicted octanol–water partition coefficient (Wildman–Crippen LogP) is 6.98. The summed E-state index contributed by atoms with van der Waals surface area (Å²) in [7, 11) is 0. The Bertz CT molecular complexity index is 1470. The van der Waals surface area contributed by atoms with Crippen LogP contribution in [0.1, 0.15) is 40.2 Å². The number of aryl methyl sites for hydroxylation is 1. The molecular formula is C32H29FN2O. The number of fused-ring (bicyclic) bond motifs is 1. The molecule has 4 aromatic carbocycles. The van der Waals surface area contributed by atoms with Gasteiger partial charge in [0.15, 0.2) is 0 Å². The van der Waals surface area contributed by atoms with Gasteiger partial charge >= 0.3 is 0 Å². The maximum atomic E-state index is 13.5. The Kier molecular flexibility index (Phi) is 6.94. The summed E-state index contributed by atoms with van der Waals surface area (Å²) >= 11 is 0. The molecule has 0 aliphatic rings. The van der Waals surface area contributed by atoms with Crippen molar-refractivity contribution < 1.29 is 9.18 Å². The second-order valence-corrected chi connectivity index (χ2v) is 9.29. The van der Waals surface area contributed by atoms with Crippen molar-refractivity contribution in [3.8, 4) is 0 Å². The van der Waals surface area contributed by atoms with Crippen LogP contribution in [0.3, 0.4) is 0 Å². The van der Waals surface area contributed by atoms with Crippen molar-refractivity contribution in [3.05, 3.63) is 143 Å². The Labute approximate surface area is 211 Å². The number of benzene rings is 4. The molecule has 1 heterocycles. The number of halogens is 1. The number of para-hydroxylation sites is 1. The Morgan fingerprint density at radius 2 is 1.61 bits per heavy atom. The molecule has 5 rings (SSSR count). The Balaban J connectivity index is 1.49. The van der Waals surface area contributed by atoms with Gasteiger partial charge < -0.3 is 9.88 Å². The highest BCUT2D eigenvalue weighted by atomic mass is 19.1. The summed E-state index contributed by atoms with van der Waals surface area (Å²) in [6, 6.07) is 33.3. The van der Waals surface area contributed by atoms with E-state index in [9.17, 15) is 9.18 Å². The van der Waals surface area contributed by atoms with Crippen LogP contribution in [0.4, 0.5) is 4.39 Å². The van der Waals surface area contributed by atoms with Gasteiger partial charge in [-0.2, -0.15) is 0 Å². The summed E-state index contributed by atoms with van der Waals surface area (Å²) in [6.45, 7) is 3.21. The number of carbonyl (C=O) groups is 1. The number of rotatable bonds is 8. The van der Waals surface area contributed by atoms with Crippen LogP contribution in [0, 0.1) is 12.7 Å². The van der Waals surface area contributed by atoms with Gasteiger partial charge in [-0.1, -0.05) is 90.5 Å². The van der Waals surface area contributed by atoms with Gasteiger partial charge in [-0.05, 0) is 47.4 Å². The first kappa shape index (κ1) is 23.6. The zero-order chi connectivity index (χ0) is 24.9. The minimum atomic E-state index is -0.238. The van der Waals surface area contributed by atoms with Crippen molar-refractivity contribution in [1.29, 1.82) is 0 Å². The molecule has 1 aromatic heterocycles. The zero-order valence-electron chi connectivity index (χ0n) is 20.3. The molecule has 5 aromatic rings. The highest BCUT2D eigenvalue weighted by Gasteiger charge is 2.23. The molecule has 3 nitrogen and oxygen atoms in total. The molecule has 0 fully saturated rings. The van der Waals surface area contributed by atoms with Crippen LogP contribution in [-0.2, 0) is 17.9 Å². The van der Waals surface area contributed by atoms with E-state index < -0.39 is 0 Å². The van der Waals surface area contributed by atoms with Crippen LogP contribution in [-0.4, -0.2) is 10.5 Å². The van der Waals surface area contributed by atoms with E-state index in [0.717, 1.165) is 38.7 Å². The van der Waals surface area contributed by atoms with E-state index in [0.29, 0.717) is 19.5 Å². The van der Waals surface area contributed by atoms with Crippen LogP contribution in [0.25, 0.3) is 10.9 Å². The molecule has 0 spiro atoms. The molecule has 0 saturated heterocycles. The SMILES string of the molecule is Cc1cccc([C@H](CC(=O)NCc2ccccc2)c2cn(Cc3ccc(F)cc3)c3ccccc23)c1. The molecule has 1 N–H and O–H groups in total. The fraction of sp³-hybridized carbons (Fsp3) is 0.156. The topological polar surface area (TPSA) is 34.0 Å². The van der Waals surface area contributed by atoms with Crippen LogP contribution in [0.15, 0.2) is 109 Å². The standard InChI is InChI=1S/C32H29FN2O/c1-23-8-7-11-26(18-23)29(19-32(36)34-20-24-9-3-2-4-10-24)30-22-35(31-13-6-5-12-28(30)31)21-25-14-16-27(33)17-15-25/h2-18,22,29H,19-21H2,1H3,(H,34,36)/t29-/m0/s1. The number of hydrogen-bond acceptors (Lipinski definition) is 1. The predicted molar refractivity (Wildman–Crippen MR) is 143 cm³/mol. The largest absolute Gasteiger partial charge is 0.352 e. The zero-order valence-corrected chi connectivity index (χ0v) is 20.3. The number of nitrogens with zero attached hydrogens (tertiary/aromatic N) is 1. The molecule has 0 saturated carbocycles. The van der Waals surface area contributed by atoms with Gasteiger partial charge in [-0.25, -0.2) is 4.39 Å². The van der Waals surface area contributed by atoms with Crippen molar-refractivity contribution in [2.75, 3.05) is 0 Å². The highest BCUT2D eigenvalue weighted by molar-refractivity contribution is 5.86. The van der Waals surface area contributed by atoms with E-state index in [1.165, 1.54) is 12.1 Å². The van der Waals surface area contributed by atoms with Gasteiger partial charge in [-0.3, -0.25) is 4.79 Å². The third kappa shape index (κ3) is 5.38. The highest BCUT2D eigenvalue weighted by Crippen LogP contribution is 2.35. The third-order valence-electron chi connectivity index (χ3n) is 6.63. The smallest absolute Gasteiger partial charge is 0.221 e. The average Bonchev–Trinajstić information content (AvgIpc) is 3.26. The van der Waals surface area contributed by atoms with E-state index in [4.69, 9.17) is 0 Å². The Hall–Kier alpha value is -4.18. The summed E-state index contributed by atoms with van der Waals surface area (Å²) in [4.78, 5) is 13.2. The molecule has 1 amide bonds. The van der Waals surface area contributed by atoms with Gasteiger partial charge in [0.05, 0.1) is 0 Å². The lowest BCUT2D eigenvalue weighted by molar-refractivity contribution is -0.121. The lowest BCUT2D eigenvalue weighted by Crippen LogP contribution is -2.25. The first-order valence-corrected chi connectivity index (χ1v) is 12.3. The summed E-state index contributed by atoms with van der Waals surface area (Å²) in [5.41, 5.74) is 6.60. The van der Waals surface area contributed by atoms with Crippen molar-refractivity contribution in [1.82, 2.24) is 9.88 Å². The van der Waals surface area contributed by atoms with Crippen LogP contribution < -0.4 is 5.32 Å². The van der Waals surface area contributed by atoms with E-state index in [1.54, 1.807) is 0 Å². The lowest BCUT2D eigenvalue weighted by atomic mass is 9.87. The molecule has 180 valence electrons. The van der Waals surface area contributed by atoms with Crippen molar-refractivity contribution in [2.24, 2.45) is 0 Å². The number of nitrogens with one attached hydrogen (secondary N) is 1. The van der Waals surface area contributed by atoms with E-state index in [1.807, 2.05) is 54.6 Å². The minimum Gasteiger partial charge on any atom is -0.352 e. The quantitative estimate of drug-likeness (QED) is 0.258. The summed E-state index contributed by atoms with van der Waals surface area (Å²) < 4.78 is 15.7. The van der Waals surface area contributed by atoms with Crippen LogP contribution in [0.2, 0.25) is 0 Å². The number of aromatic nitrogens is 1. The normalized spacial score (nSPS) is 11.9. The third-order valence-corrected chi connectivity index (χ3v) is 6.63. The van der Waals surface area contributed by atoms with Crippen molar-refractivity contribution in [3.63, 3.8) is 0 Å². The first-order valence-electron chi connectivity index (χ1n) is 12.3. The first-order chi connectivity index (χ1) is 17.6. The van der Waals surface area contributed by atoms with Crippen molar-refractivity contribution >= 4 is 16.8 Å². The molecule has 0 aliphatic heterocycles. The molecule has 36 heavy (non-hydrogen) atoms.